The second-order valence-electron chi connectivity index (χ2n) is 7.87. The molecule has 8 heteroatoms. The fourth-order valence-corrected chi connectivity index (χ4v) is 6.94. The molecule has 3 aliphatic rings. The molecule has 0 radical (unpaired) electrons. The summed E-state index contributed by atoms with van der Waals surface area (Å²) >= 11 is 1.27. The van der Waals surface area contributed by atoms with Gasteiger partial charge in [-0.05, 0) is 54.9 Å². The normalized spacial score (nSPS) is 32.3. The SMILES string of the molecule is CC(=O)N[C@@H]1C[C@@H]2CN(S(=O)(=O)c3cccs3)C[C@@H]2C[C@H]1OCC1CC1. The number of fused-ring (bicyclic) bond motifs is 1. The number of amides is 1. The predicted octanol–water partition coefficient (Wildman–Crippen LogP) is 2.08. The van der Waals surface area contributed by atoms with Crippen molar-refractivity contribution in [3.05, 3.63) is 17.5 Å². The molecule has 1 amide bonds. The number of carbonyl (C=O) groups is 1. The lowest BCUT2D eigenvalue weighted by molar-refractivity contribution is -0.122. The van der Waals surface area contributed by atoms with Gasteiger partial charge in [-0.25, -0.2) is 8.42 Å². The second-order valence-corrected chi connectivity index (χ2v) is 11.0. The van der Waals surface area contributed by atoms with Crippen molar-refractivity contribution in [1.82, 2.24) is 9.62 Å². The monoisotopic (exact) mass is 398 g/mol. The number of nitrogens with one attached hydrogen (secondary N) is 1. The summed E-state index contributed by atoms with van der Waals surface area (Å²) in [6.45, 7) is 3.39. The van der Waals surface area contributed by atoms with Crippen molar-refractivity contribution in [3.63, 3.8) is 0 Å². The van der Waals surface area contributed by atoms with E-state index in [2.05, 4.69) is 5.32 Å². The number of ether oxygens (including phenoxy) is 1. The quantitative estimate of drug-likeness (QED) is 0.796. The molecular formula is C18H26N2O4S2. The smallest absolute Gasteiger partial charge is 0.252 e. The predicted molar refractivity (Wildman–Crippen MR) is 99.4 cm³/mol. The average molecular weight is 399 g/mol. The van der Waals surface area contributed by atoms with Gasteiger partial charge < -0.3 is 10.1 Å². The first-order chi connectivity index (χ1) is 12.4. The van der Waals surface area contributed by atoms with Crippen LogP contribution in [0.4, 0.5) is 0 Å². The first kappa shape index (κ1) is 18.4. The van der Waals surface area contributed by atoms with Crippen LogP contribution in [0.15, 0.2) is 21.7 Å². The molecule has 2 saturated carbocycles. The van der Waals surface area contributed by atoms with Gasteiger partial charge in [0, 0.05) is 26.6 Å². The summed E-state index contributed by atoms with van der Waals surface area (Å²) < 4.78 is 33.9. The Hall–Kier alpha value is -0.960. The summed E-state index contributed by atoms with van der Waals surface area (Å²) in [7, 11) is -3.40. The lowest BCUT2D eigenvalue weighted by atomic mass is 9.77. The summed E-state index contributed by atoms with van der Waals surface area (Å²) in [5.41, 5.74) is 0. The molecule has 0 unspecified atom stereocenters. The zero-order valence-electron chi connectivity index (χ0n) is 15.0. The highest BCUT2D eigenvalue weighted by atomic mass is 32.2. The van der Waals surface area contributed by atoms with Crippen molar-refractivity contribution < 1.29 is 17.9 Å². The highest BCUT2D eigenvalue weighted by Gasteiger charge is 2.46. The molecule has 4 rings (SSSR count). The number of thiophene rings is 1. The van der Waals surface area contributed by atoms with E-state index in [0.29, 0.717) is 29.1 Å². The molecule has 1 N–H and O–H groups in total. The molecule has 4 atom stereocenters. The van der Waals surface area contributed by atoms with Crippen molar-refractivity contribution >= 4 is 27.3 Å². The van der Waals surface area contributed by atoms with E-state index in [4.69, 9.17) is 4.74 Å². The van der Waals surface area contributed by atoms with Gasteiger partial charge >= 0.3 is 0 Å². The summed E-state index contributed by atoms with van der Waals surface area (Å²) in [6.07, 6.45) is 4.06. The van der Waals surface area contributed by atoms with Crippen LogP contribution < -0.4 is 5.32 Å². The van der Waals surface area contributed by atoms with E-state index in [9.17, 15) is 13.2 Å². The van der Waals surface area contributed by atoms with Gasteiger partial charge in [-0.3, -0.25) is 4.79 Å². The summed E-state index contributed by atoms with van der Waals surface area (Å²) in [6, 6.07) is 3.43. The molecular weight excluding hydrogens is 372 g/mol. The highest BCUT2D eigenvalue weighted by Crippen LogP contribution is 2.41. The van der Waals surface area contributed by atoms with Crippen LogP contribution in [-0.4, -0.2) is 50.5 Å². The standard InChI is InChI=1S/C18H26N2O4S2/c1-12(21)19-16-7-14-9-20(26(22,23)18-3-2-6-25-18)10-15(14)8-17(16)24-11-13-4-5-13/h2-3,6,13-17H,4-5,7-11H2,1H3,(H,19,21)/t14-,15+,16-,17-/m1/s1. The minimum atomic E-state index is -3.40. The Kier molecular flexibility index (Phi) is 5.11. The third kappa shape index (κ3) is 3.83. The molecule has 1 aromatic rings. The van der Waals surface area contributed by atoms with Crippen molar-refractivity contribution in [2.45, 2.75) is 49.0 Å². The Bertz CT molecular complexity index is 745. The van der Waals surface area contributed by atoms with Crippen LogP contribution in [0.3, 0.4) is 0 Å². The van der Waals surface area contributed by atoms with Crippen LogP contribution in [-0.2, 0) is 19.6 Å². The number of rotatable bonds is 6. The van der Waals surface area contributed by atoms with E-state index in [1.54, 1.807) is 21.8 Å². The van der Waals surface area contributed by atoms with Crippen molar-refractivity contribution in [1.29, 1.82) is 0 Å². The third-order valence-electron chi connectivity index (χ3n) is 5.80. The van der Waals surface area contributed by atoms with Crippen LogP contribution in [0.2, 0.25) is 0 Å². The molecule has 1 aromatic heterocycles. The van der Waals surface area contributed by atoms with E-state index in [0.717, 1.165) is 19.4 Å². The molecule has 2 aliphatic carbocycles. The Labute approximate surface area is 159 Å². The summed E-state index contributed by atoms with van der Waals surface area (Å²) in [4.78, 5) is 11.6. The zero-order valence-corrected chi connectivity index (χ0v) is 16.6. The van der Waals surface area contributed by atoms with E-state index < -0.39 is 10.0 Å². The molecule has 1 saturated heterocycles. The lowest BCUT2D eigenvalue weighted by Crippen LogP contribution is -2.50. The Morgan fingerprint density at radius 1 is 1.31 bits per heavy atom. The van der Waals surface area contributed by atoms with Gasteiger partial charge in [0.05, 0.1) is 12.1 Å². The maximum absolute atomic E-state index is 12.8. The molecule has 144 valence electrons. The van der Waals surface area contributed by atoms with Crippen molar-refractivity contribution in [2.75, 3.05) is 19.7 Å². The largest absolute Gasteiger partial charge is 0.376 e. The molecule has 1 aliphatic heterocycles. The fraction of sp³-hybridized carbons (Fsp3) is 0.722. The van der Waals surface area contributed by atoms with Crippen LogP contribution in [0.1, 0.15) is 32.6 Å². The Morgan fingerprint density at radius 3 is 2.65 bits per heavy atom. The zero-order chi connectivity index (χ0) is 18.3. The highest BCUT2D eigenvalue weighted by molar-refractivity contribution is 7.91. The van der Waals surface area contributed by atoms with Gasteiger partial charge in [-0.2, -0.15) is 4.31 Å². The Morgan fingerprint density at radius 2 is 2.04 bits per heavy atom. The number of sulfonamides is 1. The summed E-state index contributed by atoms with van der Waals surface area (Å²) in [5.74, 6) is 1.21. The molecule has 6 nitrogen and oxygen atoms in total. The molecule has 0 aromatic carbocycles. The fourth-order valence-electron chi connectivity index (χ4n) is 4.25. The second kappa shape index (κ2) is 7.22. The molecule has 0 spiro atoms. The van der Waals surface area contributed by atoms with E-state index in [1.165, 1.54) is 31.1 Å². The van der Waals surface area contributed by atoms with Gasteiger partial charge in [0.2, 0.25) is 5.91 Å². The maximum Gasteiger partial charge on any atom is 0.252 e. The van der Waals surface area contributed by atoms with Gasteiger partial charge in [-0.15, -0.1) is 11.3 Å². The summed E-state index contributed by atoms with van der Waals surface area (Å²) in [5, 5.41) is 4.84. The van der Waals surface area contributed by atoms with Gasteiger partial charge in [0.1, 0.15) is 4.21 Å². The van der Waals surface area contributed by atoms with Crippen LogP contribution in [0.5, 0.6) is 0 Å². The van der Waals surface area contributed by atoms with Crippen LogP contribution in [0.25, 0.3) is 0 Å². The minimum Gasteiger partial charge on any atom is -0.376 e. The Balaban J connectivity index is 1.46. The number of carbonyl (C=O) groups excluding carboxylic acids is 1. The van der Waals surface area contributed by atoms with E-state index >= 15 is 0 Å². The molecule has 0 bridgehead atoms. The van der Waals surface area contributed by atoms with Crippen LogP contribution >= 0.6 is 11.3 Å². The third-order valence-corrected chi connectivity index (χ3v) is 9.01. The van der Waals surface area contributed by atoms with E-state index in [1.807, 2.05) is 0 Å². The van der Waals surface area contributed by atoms with Gasteiger partial charge in [-0.1, -0.05) is 6.07 Å². The van der Waals surface area contributed by atoms with Crippen molar-refractivity contribution in [2.24, 2.45) is 17.8 Å². The number of nitrogens with zero attached hydrogens (tertiary/aromatic N) is 1. The number of hydrogen-bond acceptors (Lipinski definition) is 5. The maximum atomic E-state index is 12.8. The molecule has 26 heavy (non-hydrogen) atoms. The van der Waals surface area contributed by atoms with E-state index in [-0.39, 0.29) is 24.0 Å². The molecule has 3 fully saturated rings. The van der Waals surface area contributed by atoms with Gasteiger partial charge in [0.15, 0.2) is 0 Å². The van der Waals surface area contributed by atoms with Gasteiger partial charge in [0.25, 0.3) is 10.0 Å². The van der Waals surface area contributed by atoms with Crippen molar-refractivity contribution in [3.8, 4) is 0 Å². The average Bonchev–Trinajstić information content (AvgIpc) is 3.08. The van der Waals surface area contributed by atoms with Crippen LogP contribution in [0, 0.1) is 17.8 Å². The first-order valence-corrected chi connectivity index (χ1v) is 11.7. The minimum absolute atomic E-state index is 0.00913. The lowest BCUT2D eigenvalue weighted by Gasteiger charge is -2.38. The first-order valence-electron chi connectivity index (χ1n) is 9.36. The number of hydrogen-bond donors (Lipinski definition) is 1. The molecule has 2 heterocycles. The topological polar surface area (TPSA) is 75.7 Å².